The van der Waals surface area contributed by atoms with Crippen molar-refractivity contribution in [1.29, 1.82) is 0 Å². The summed E-state index contributed by atoms with van der Waals surface area (Å²) in [5, 5.41) is 8.89. The molecule has 5 heavy (non-hydrogen) atoms. The number of carboxylic acid groups (broad SMARTS) is 1. The van der Waals surface area contributed by atoms with Crippen LogP contribution in [-0.4, -0.2) is 5.97 Å². The van der Waals surface area contributed by atoms with Crippen molar-refractivity contribution in [1.82, 2.24) is 0 Å². The molecule has 0 amide bonds. The molecule has 34 valence electrons. The van der Waals surface area contributed by atoms with E-state index >= 15 is 0 Å². The van der Waals surface area contributed by atoms with Crippen LogP contribution in [0, 0.1) is 0 Å². The van der Waals surface area contributed by atoms with Gasteiger partial charge in [0, 0.05) is 5.97 Å². The zero-order valence-corrected chi connectivity index (χ0v) is 4.10. The number of hydrogen-bond donors (Lipinski definition) is 0. The Morgan fingerprint density at radius 1 is 1.80 bits per heavy atom. The molecule has 0 saturated carbocycles. The maximum Gasteiger partial charge on any atom is 1.00 e. The predicted octanol–water partition coefficient (Wildman–Crippen LogP) is -1.25. The number of carboxylic acids is 1. The molecule has 0 fully saturated rings. The molecule has 0 heterocycles. The number of aliphatic carboxylic acids is 1. The minimum atomic E-state index is -1.08. The van der Waals surface area contributed by atoms with Gasteiger partial charge in [-0.1, -0.05) is 0 Å². The van der Waals surface area contributed by atoms with Crippen LogP contribution < -0.4 is 5.11 Å². The van der Waals surface area contributed by atoms with Gasteiger partial charge in [-0.15, -0.1) is 0 Å². The Morgan fingerprint density at radius 2 is 1.80 bits per heavy atom. The predicted molar refractivity (Wildman–Crippen MR) is 10.7 cm³/mol. The summed E-state index contributed by atoms with van der Waals surface area (Å²) in [5.41, 5.74) is 0. The van der Waals surface area contributed by atoms with E-state index in [-0.39, 0.29) is 22.4 Å². The minimum Gasteiger partial charge on any atom is -0.550 e. The van der Waals surface area contributed by atoms with Crippen LogP contribution in [0.1, 0.15) is 6.92 Å². The van der Waals surface area contributed by atoms with E-state index in [4.69, 9.17) is 9.90 Å². The first kappa shape index (κ1) is 8.96. The van der Waals surface area contributed by atoms with Gasteiger partial charge in [0.05, 0.1) is 0 Å². The van der Waals surface area contributed by atoms with E-state index in [1.54, 1.807) is 0 Å². The third-order valence-electron chi connectivity index (χ3n) is 0. The zero-order chi connectivity index (χ0) is 3.58. The van der Waals surface area contributed by atoms with Crippen LogP contribution in [0.2, 0.25) is 0 Å². The van der Waals surface area contributed by atoms with Gasteiger partial charge >= 0.3 is 22.4 Å². The standard InChI is InChI=1S/C2H4O2.Ag/c1-2(3)4;/h1H3,(H,3,4);/q;+1/p-1. The average Bonchev–Trinajstić information content (AvgIpc) is 0.811. The molecule has 0 aromatic heterocycles. The summed E-state index contributed by atoms with van der Waals surface area (Å²) in [5.74, 6) is -1.08. The van der Waals surface area contributed by atoms with Crippen molar-refractivity contribution in [2.75, 3.05) is 0 Å². The third kappa shape index (κ3) is 465. The maximum atomic E-state index is 8.89. The molecular weight excluding hydrogens is 164 g/mol. The first-order chi connectivity index (χ1) is 1.73. The van der Waals surface area contributed by atoms with Crippen molar-refractivity contribution in [3.63, 3.8) is 0 Å². The maximum absolute atomic E-state index is 8.89. The summed E-state index contributed by atoms with van der Waals surface area (Å²) in [7, 11) is 0. The van der Waals surface area contributed by atoms with Crippen LogP contribution in [0.15, 0.2) is 0 Å². The molecule has 0 saturated heterocycles. The van der Waals surface area contributed by atoms with Crippen LogP contribution in [0.4, 0.5) is 0 Å². The Labute approximate surface area is 45.7 Å². The minimum absolute atomic E-state index is 0. The van der Waals surface area contributed by atoms with Gasteiger partial charge in [0.1, 0.15) is 0 Å². The molecule has 0 unspecified atom stereocenters. The Kier molecular flexibility index (Phi) is 7.55. The van der Waals surface area contributed by atoms with Crippen molar-refractivity contribution >= 4 is 5.97 Å². The SMILES string of the molecule is CC(=O)[O-].[Ag+]. The van der Waals surface area contributed by atoms with Gasteiger partial charge in [-0.2, -0.15) is 0 Å². The smallest absolute Gasteiger partial charge is 0.550 e. The van der Waals surface area contributed by atoms with Crippen LogP contribution in [-0.2, 0) is 27.2 Å². The Balaban J connectivity index is 0. The monoisotopic (exact) mass is 166 g/mol. The van der Waals surface area contributed by atoms with Gasteiger partial charge in [-0.3, -0.25) is 0 Å². The van der Waals surface area contributed by atoms with Gasteiger partial charge in [-0.05, 0) is 6.92 Å². The number of carbonyl (C=O) groups excluding carboxylic acids is 1. The average molecular weight is 167 g/mol. The molecule has 0 aromatic rings. The summed E-state index contributed by atoms with van der Waals surface area (Å²) >= 11 is 0. The molecule has 0 spiro atoms. The van der Waals surface area contributed by atoms with Gasteiger partial charge in [0.25, 0.3) is 0 Å². The largest absolute Gasteiger partial charge is 1.00 e. The summed E-state index contributed by atoms with van der Waals surface area (Å²) in [6.07, 6.45) is 0. The molecule has 0 aliphatic carbocycles. The molecule has 0 aromatic carbocycles. The van der Waals surface area contributed by atoms with Crippen molar-refractivity contribution in [2.24, 2.45) is 0 Å². The van der Waals surface area contributed by atoms with Gasteiger partial charge in [-0.25, -0.2) is 0 Å². The fourth-order valence-electron chi connectivity index (χ4n) is 0. The Morgan fingerprint density at radius 3 is 1.80 bits per heavy atom. The van der Waals surface area contributed by atoms with Crippen LogP contribution >= 0.6 is 0 Å². The number of carbonyl (C=O) groups is 1. The molecule has 0 aliphatic rings. The van der Waals surface area contributed by atoms with Crippen molar-refractivity contribution in [3.05, 3.63) is 0 Å². The first-order valence-corrected chi connectivity index (χ1v) is 0.908. The molecule has 0 bridgehead atoms. The fourth-order valence-corrected chi connectivity index (χ4v) is 0. The van der Waals surface area contributed by atoms with Gasteiger partial charge < -0.3 is 9.90 Å². The zero-order valence-electron chi connectivity index (χ0n) is 2.62. The summed E-state index contributed by atoms with van der Waals surface area (Å²) in [4.78, 5) is 8.89. The van der Waals surface area contributed by atoms with Crippen LogP contribution in [0.3, 0.4) is 0 Å². The van der Waals surface area contributed by atoms with E-state index in [0.29, 0.717) is 0 Å². The molecule has 2 nitrogen and oxygen atoms in total. The van der Waals surface area contributed by atoms with Gasteiger partial charge in [0.15, 0.2) is 0 Å². The Hall–Kier alpha value is 0.210. The van der Waals surface area contributed by atoms with Gasteiger partial charge in [0.2, 0.25) is 0 Å². The number of rotatable bonds is 0. The topological polar surface area (TPSA) is 40.1 Å². The summed E-state index contributed by atoms with van der Waals surface area (Å²) < 4.78 is 0. The van der Waals surface area contributed by atoms with Crippen molar-refractivity contribution in [3.8, 4) is 0 Å². The second kappa shape index (κ2) is 4.21. The quantitative estimate of drug-likeness (QED) is 0.423. The Bertz CT molecular complexity index is 30.6. The van der Waals surface area contributed by atoms with E-state index in [0.717, 1.165) is 6.92 Å². The van der Waals surface area contributed by atoms with Crippen molar-refractivity contribution in [2.45, 2.75) is 6.92 Å². The van der Waals surface area contributed by atoms with Crippen molar-refractivity contribution < 1.29 is 32.3 Å². The first-order valence-electron chi connectivity index (χ1n) is 0.908. The molecule has 0 atom stereocenters. The summed E-state index contributed by atoms with van der Waals surface area (Å²) in [6, 6.07) is 0. The molecule has 0 radical (unpaired) electrons. The summed E-state index contributed by atoms with van der Waals surface area (Å²) in [6.45, 7) is 0.972. The van der Waals surface area contributed by atoms with E-state index < -0.39 is 5.97 Å². The van der Waals surface area contributed by atoms with Crippen LogP contribution in [0.25, 0.3) is 0 Å². The van der Waals surface area contributed by atoms with E-state index in [1.807, 2.05) is 0 Å². The van der Waals surface area contributed by atoms with E-state index in [2.05, 4.69) is 0 Å². The second-order valence-electron chi connectivity index (χ2n) is 0.492. The van der Waals surface area contributed by atoms with E-state index in [9.17, 15) is 0 Å². The fraction of sp³-hybridized carbons (Fsp3) is 0.500. The molecular formula is C2H3AgO2. The van der Waals surface area contributed by atoms with E-state index in [1.165, 1.54) is 0 Å². The molecule has 0 aliphatic heterocycles. The molecule has 0 rings (SSSR count). The second-order valence-corrected chi connectivity index (χ2v) is 0.492. The third-order valence-corrected chi connectivity index (χ3v) is 0. The molecule has 0 N–H and O–H groups in total. The normalized spacial score (nSPS) is 5.00. The van der Waals surface area contributed by atoms with Crippen LogP contribution in [0.5, 0.6) is 0 Å². The number of hydrogen-bond acceptors (Lipinski definition) is 2. The molecule has 3 heteroatoms.